The Morgan fingerprint density at radius 1 is 1.43 bits per heavy atom. The molecule has 21 heavy (non-hydrogen) atoms. The third-order valence-corrected chi connectivity index (χ3v) is 3.72. The number of nitrogens with two attached hydrogens (primary N) is 1. The lowest BCUT2D eigenvalue weighted by atomic mass is 9.94. The highest BCUT2D eigenvalue weighted by molar-refractivity contribution is 6.31. The molecule has 0 fully saturated rings. The van der Waals surface area contributed by atoms with E-state index in [0.29, 0.717) is 36.2 Å². The van der Waals surface area contributed by atoms with Gasteiger partial charge in [0.1, 0.15) is 5.75 Å². The van der Waals surface area contributed by atoms with Crippen molar-refractivity contribution < 1.29 is 9.53 Å². The molecule has 4 nitrogen and oxygen atoms in total. The minimum Gasteiger partial charge on any atom is -0.496 e. The summed E-state index contributed by atoms with van der Waals surface area (Å²) in [7, 11) is 1.59. The van der Waals surface area contributed by atoms with Crippen LogP contribution in [0.25, 0.3) is 0 Å². The zero-order valence-electron chi connectivity index (χ0n) is 13.0. The molecule has 0 saturated carbocycles. The zero-order valence-corrected chi connectivity index (χ0v) is 13.7. The van der Waals surface area contributed by atoms with Gasteiger partial charge in [-0.15, -0.1) is 0 Å². The highest BCUT2D eigenvalue weighted by atomic mass is 35.5. The fraction of sp³-hybridized carbons (Fsp3) is 0.562. The zero-order chi connectivity index (χ0) is 15.8. The molecule has 0 saturated heterocycles. The molecular weight excluding hydrogens is 288 g/mol. The molecule has 0 heterocycles. The van der Waals surface area contributed by atoms with Gasteiger partial charge in [0.15, 0.2) is 0 Å². The fourth-order valence-electron chi connectivity index (χ4n) is 2.35. The second kappa shape index (κ2) is 8.90. The Morgan fingerprint density at radius 3 is 2.71 bits per heavy atom. The van der Waals surface area contributed by atoms with Crippen molar-refractivity contribution >= 4 is 17.5 Å². The standard InChI is InChI=1S/C16H25ClN2O2/c1-11(2)7-12(9-18)8-16(20)19-10-13-14(17)5-4-6-15(13)21-3/h4-6,11-12H,7-10,18H2,1-3H3,(H,19,20). The van der Waals surface area contributed by atoms with Crippen LogP contribution in [-0.4, -0.2) is 19.6 Å². The van der Waals surface area contributed by atoms with E-state index in [0.717, 1.165) is 12.0 Å². The number of hydrogen-bond acceptors (Lipinski definition) is 3. The third kappa shape index (κ3) is 5.94. The summed E-state index contributed by atoms with van der Waals surface area (Å²) in [5, 5.41) is 3.48. The maximum atomic E-state index is 12.0. The molecule has 3 N–H and O–H groups in total. The van der Waals surface area contributed by atoms with E-state index in [4.69, 9.17) is 22.1 Å². The van der Waals surface area contributed by atoms with Gasteiger partial charge >= 0.3 is 0 Å². The molecule has 0 aliphatic carbocycles. The topological polar surface area (TPSA) is 64.3 Å². The summed E-state index contributed by atoms with van der Waals surface area (Å²) in [6.45, 7) is 5.16. The maximum Gasteiger partial charge on any atom is 0.220 e. The molecule has 1 atom stereocenters. The molecule has 0 aromatic heterocycles. The van der Waals surface area contributed by atoms with Gasteiger partial charge in [-0.3, -0.25) is 4.79 Å². The summed E-state index contributed by atoms with van der Waals surface area (Å²) in [6, 6.07) is 5.43. The minimum atomic E-state index is -0.00641. The van der Waals surface area contributed by atoms with Gasteiger partial charge in [-0.1, -0.05) is 31.5 Å². The molecule has 0 radical (unpaired) electrons. The SMILES string of the molecule is COc1cccc(Cl)c1CNC(=O)CC(CN)CC(C)C. The summed E-state index contributed by atoms with van der Waals surface area (Å²) in [5.41, 5.74) is 6.52. The second-order valence-electron chi connectivity index (χ2n) is 5.63. The molecule has 0 aliphatic heterocycles. The number of methoxy groups -OCH3 is 1. The molecule has 1 aromatic rings. The predicted octanol–water partition coefficient (Wildman–Crippen LogP) is 2.98. The first-order chi connectivity index (χ1) is 9.97. The maximum absolute atomic E-state index is 12.0. The van der Waals surface area contributed by atoms with E-state index in [-0.39, 0.29) is 11.8 Å². The van der Waals surface area contributed by atoms with Crippen molar-refractivity contribution in [2.75, 3.05) is 13.7 Å². The second-order valence-corrected chi connectivity index (χ2v) is 6.04. The lowest BCUT2D eigenvalue weighted by Gasteiger charge is -2.17. The Kier molecular flexibility index (Phi) is 7.54. The van der Waals surface area contributed by atoms with Crippen LogP contribution in [0.2, 0.25) is 5.02 Å². The highest BCUT2D eigenvalue weighted by Crippen LogP contribution is 2.26. The summed E-state index contributed by atoms with van der Waals surface area (Å²) in [4.78, 5) is 12.0. The quantitative estimate of drug-likeness (QED) is 0.775. The predicted molar refractivity (Wildman–Crippen MR) is 86.5 cm³/mol. The molecule has 118 valence electrons. The van der Waals surface area contributed by atoms with Crippen LogP contribution in [0.3, 0.4) is 0 Å². The number of hydrogen-bond donors (Lipinski definition) is 2. The van der Waals surface area contributed by atoms with Gasteiger partial charge in [0.25, 0.3) is 0 Å². The molecule has 1 unspecified atom stereocenters. The molecule has 1 amide bonds. The van der Waals surface area contributed by atoms with E-state index in [9.17, 15) is 4.79 Å². The van der Waals surface area contributed by atoms with Crippen molar-refractivity contribution in [3.05, 3.63) is 28.8 Å². The molecule has 5 heteroatoms. The van der Waals surface area contributed by atoms with Crippen molar-refractivity contribution in [1.82, 2.24) is 5.32 Å². The van der Waals surface area contributed by atoms with Gasteiger partial charge in [0, 0.05) is 23.6 Å². The average molecular weight is 313 g/mol. The van der Waals surface area contributed by atoms with Gasteiger partial charge in [-0.25, -0.2) is 0 Å². The molecular formula is C16H25ClN2O2. The van der Waals surface area contributed by atoms with E-state index < -0.39 is 0 Å². The monoisotopic (exact) mass is 312 g/mol. The van der Waals surface area contributed by atoms with Crippen molar-refractivity contribution in [3.8, 4) is 5.75 Å². The van der Waals surface area contributed by atoms with Gasteiger partial charge < -0.3 is 15.8 Å². The lowest BCUT2D eigenvalue weighted by molar-refractivity contribution is -0.122. The number of ether oxygens (including phenoxy) is 1. The van der Waals surface area contributed by atoms with Crippen molar-refractivity contribution in [2.24, 2.45) is 17.6 Å². The van der Waals surface area contributed by atoms with E-state index in [1.54, 1.807) is 13.2 Å². The van der Waals surface area contributed by atoms with Crippen molar-refractivity contribution in [2.45, 2.75) is 33.2 Å². The number of carbonyl (C=O) groups excluding carboxylic acids is 1. The Morgan fingerprint density at radius 2 is 2.14 bits per heavy atom. The van der Waals surface area contributed by atoms with E-state index in [2.05, 4.69) is 19.2 Å². The van der Waals surface area contributed by atoms with Crippen LogP contribution in [0, 0.1) is 11.8 Å². The number of benzene rings is 1. The average Bonchev–Trinajstić information content (AvgIpc) is 2.44. The first-order valence-corrected chi connectivity index (χ1v) is 7.63. The molecule has 0 spiro atoms. The molecule has 0 bridgehead atoms. The number of amides is 1. The Balaban J connectivity index is 2.57. The lowest BCUT2D eigenvalue weighted by Crippen LogP contribution is -2.28. The largest absolute Gasteiger partial charge is 0.496 e. The smallest absolute Gasteiger partial charge is 0.220 e. The van der Waals surface area contributed by atoms with E-state index >= 15 is 0 Å². The fourth-order valence-corrected chi connectivity index (χ4v) is 2.59. The van der Waals surface area contributed by atoms with Crippen LogP contribution in [-0.2, 0) is 11.3 Å². The number of carbonyl (C=O) groups is 1. The summed E-state index contributed by atoms with van der Waals surface area (Å²) < 4.78 is 5.26. The van der Waals surface area contributed by atoms with Crippen LogP contribution in [0.4, 0.5) is 0 Å². The highest BCUT2D eigenvalue weighted by Gasteiger charge is 2.15. The third-order valence-electron chi connectivity index (χ3n) is 3.37. The Bertz CT molecular complexity index is 464. The van der Waals surface area contributed by atoms with Gasteiger partial charge in [0.05, 0.1) is 7.11 Å². The summed E-state index contributed by atoms with van der Waals surface area (Å²) in [6.07, 6.45) is 1.40. The first kappa shape index (κ1) is 17.8. The van der Waals surface area contributed by atoms with Gasteiger partial charge in [-0.05, 0) is 36.9 Å². The van der Waals surface area contributed by atoms with E-state index in [1.807, 2.05) is 12.1 Å². The first-order valence-electron chi connectivity index (χ1n) is 7.26. The van der Waals surface area contributed by atoms with Gasteiger partial charge in [0.2, 0.25) is 5.91 Å². The summed E-state index contributed by atoms with van der Waals surface area (Å²) >= 11 is 6.14. The van der Waals surface area contributed by atoms with Crippen molar-refractivity contribution in [1.29, 1.82) is 0 Å². The van der Waals surface area contributed by atoms with Crippen LogP contribution < -0.4 is 15.8 Å². The van der Waals surface area contributed by atoms with E-state index in [1.165, 1.54) is 0 Å². The molecule has 1 rings (SSSR count). The number of halogens is 1. The Hall–Kier alpha value is -1.26. The van der Waals surface area contributed by atoms with Crippen LogP contribution in [0.5, 0.6) is 5.75 Å². The van der Waals surface area contributed by atoms with Crippen LogP contribution in [0.1, 0.15) is 32.3 Å². The van der Waals surface area contributed by atoms with Gasteiger partial charge in [-0.2, -0.15) is 0 Å². The van der Waals surface area contributed by atoms with Crippen molar-refractivity contribution in [3.63, 3.8) is 0 Å². The van der Waals surface area contributed by atoms with Crippen LogP contribution in [0.15, 0.2) is 18.2 Å². The molecule has 1 aromatic carbocycles. The minimum absolute atomic E-state index is 0.00641. The Labute approximate surface area is 132 Å². The summed E-state index contributed by atoms with van der Waals surface area (Å²) in [5.74, 6) is 1.43. The number of rotatable bonds is 8. The normalized spacial score (nSPS) is 12.3. The van der Waals surface area contributed by atoms with Crippen LogP contribution >= 0.6 is 11.6 Å². The number of nitrogens with one attached hydrogen (secondary N) is 1. The molecule has 0 aliphatic rings.